The lowest BCUT2D eigenvalue weighted by Crippen LogP contribution is -2.26. The summed E-state index contributed by atoms with van der Waals surface area (Å²) >= 11 is 1.04. The van der Waals surface area contributed by atoms with Crippen molar-refractivity contribution in [1.29, 1.82) is 5.26 Å². The van der Waals surface area contributed by atoms with Gasteiger partial charge in [-0.15, -0.1) is 0 Å². The van der Waals surface area contributed by atoms with Crippen LogP contribution >= 0.6 is 11.8 Å². The summed E-state index contributed by atoms with van der Waals surface area (Å²) in [6, 6.07) is 11.3. The van der Waals surface area contributed by atoms with Gasteiger partial charge in [-0.3, -0.25) is 0 Å². The Hall–Kier alpha value is -3.19. The minimum atomic E-state index is -4.44. The Labute approximate surface area is 151 Å². The molecule has 0 spiro atoms. The van der Waals surface area contributed by atoms with E-state index < -0.39 is 11.7 Å². The summed E-state index contributed by atoms with van der Waals surface area (Å²) < 4.78 is 38.6. The number of nitriles is 1. The lowest BCUT2D eigenvalue weighted by atomic mass is 10.2. The van der Waals surface area contributed by atoms with E-state index in [-0.39, 0.29) is 17.6 Å². The maximum atomic E-state index is 12.9. The maximum Gasteiger partial charge on any atom is 0.416 e. The Morgan fingerprint density at radius 2 is 1.81 bits per heavy atom. The first kappa shape index (κ1) is 19.1. The molecule has 0 aliphatic rings. The van der Waals surface area contributed by atoms with Gasteiger partial charge in [-0.2, -0.15) is 23.4 Å². The highest BCUT2D eigenvalue weighted by Crippen LogP contribution is 2.38. The molecule has 0 saturated heterocycles. The number of hydrogen-bond acceptors (Lipinski definition) is 3. The van der Waals surface area contributed by atoms with E-state index in [4.69, 9.17) is 22.5 Å². The molecule has 0 atom stereocenters. The predicted octanol–water partition coefficient (Wildman–Crippen LogP) is 2.95. The monoisotopic (exact) mass is 378 g/mol. The Morgan fingerprint density at radius 1 is 1.08 bits per heavy atom. The van der Waals surface area contributed by atoms with Crippen molar-refractivity contribution in [3.05, 3.63) is 53.6 Å². The third kappa shape index (κ3) is 5.15. The van der Waals surface area contributed by atoms with Gasteiger partial charge in [0.1, 0.15) is 0 Å². The third-order valence-electron chi connectivity index (χ3n) is 2.96. The first-order valence-electron chi connectivity index (χ1n) is 7.02. The summed E-state index contributed by atoms with van der Waals surface area (Å²) in [4.78, 5) is 8.44. The summed E-state index contributed by atoms with van der Waals surface area (Å²) in [6.07, 6.45) is -4.44. The van der Waals surface area contributed by atoms with Gasteiger partial charge >= 0.3 is 6.18 Å². The summed E-state index contributed by atoms with van der Waals surface area (Å²) in [5, 5.41) is 9.02. The van der Waals surface area contributed by atoms with Crippen LogP contribution in [-0.2, 0) is 6.18 Å². The van der Waals surface area contributed by atoms with Crippen molar-refractivity contribution in [2.24, 2.45) is 27.2 Å². The van der Waals surface area contributed by atoms with Crippen LogP contribution in [-0.4, -0.2) is 11.9 Å². The number of alkyl halides is 3. The Kier molecular flexibility index (Phi) is 5.74. The molecule has 0 aromatic heterocycles. The number of benzene rings is 2. The van der Waals surface area contributed by atoms with E-state index >= 15 is 0 Å². The first-order valence-corrected chi connectivity index (χ1v) is 7.84. The molecule has 0 fully saturated rings. The number of hydrogen-bond donors (Lipinski definition) is 3. The van der Waals surface area contributed by atoms with Gasteiger partial charge in [-0.1, -0.05) is 17.8 Å². The number of guanidine groups is 2. The van der Waals surface area contributed by atoms with Crippen LogP contribution in [0.1, 0.15) is 11.1 Å². The van der Waals surface area contributed by atoms with Crippen LogP contribution in [0.25, 0.3) is 0 Å². The molecule has 0 radical (unpaired) electrons. The molecule has 0 amide bonds. The number of nitrogens with two attached hydrogens (primary N) is 3. The Bertz CT molecular complexity index is 911. The van der Waals surface area contributed by atoms with Gasteiger partial charge in [-0.25, -0.2) is 4.99 Å². The molecular formula is C16H13F3N6S. The normalized spacial score (nSPS) is 11.7. The number of nitrogens with zero attached hydrogens (tertiary/aromatic N) is 3. The van der Waals surface area contributed by atoms with Crippen molar-refractivity contribution in [1.82, 2.24) is 0 Å². The lowest BCUT2D eigenvalue weighted by molar-refractivity contribution is -0.137. The molecule has 2 aromatic rings. The van der Waals surface area contributed by atoms with Crippen molar-refractivity contribution in [3.63, 3.8) is 0 Å². The molecule has 0 saturated carbocycles. The maximum absolute atomic E-state index is 12.9. The summed E-state index contributed by atoms with van der Waals surface area (Å²) in [6.45, 7) is 0. The molecule has 0 unspecified atom stereocenters. The van der Waals surface area contributed by atoms with Gasteiger partial charge in [-0.05, 0) is 36.4 Å². The predicted molar refractivity (Wildman–Crippen MR) is 93.8 cm³/mol. The number of rotatable bonds is 3. The fourth-order valence-electron chi connectivity index (χ4n) is 1.90. The average Bonchev–Trinajstić information content (AvgIpc) is 2.55. The van der Waals surface area contributed by atoms with Gasteiger partial charge in [0.15, 0.2) is 5.96 Å². The van der Waals surface area contributed by atoms with Crippen molar-refractivity contribution >= 4 is 29.4 Å². The highest BCUT2D eigenvalue weighted by molar-refractivity contribution is 7.99. The number of aliphatic imine (C=N–C) groups is 2. The van der Waals surface area contributed by atoms with Crippen LogP contribution in [0.4, 0.5) is 18.9 Å². The molecule has 2 aromatic carbocycles. The topological polar surface area (TPSA) is 127 Å². The third-order valence-corrected chi connectivity index (χ3v) is 4.01. The molecule has 134 valence electrons. The molecule has 26 heavy (non-hydrogen) atoms. The quantitative estimate of drug-likeness (QED) is 0.559. The molecule has 6 N–H and O–H groups in total. The van der Waals surface area contributed by atoms with E-state index in [1.807, 2.05) is 6.07 Å². The van der Waals surface area contributed by atoms with Crippen molar-refractivity contribution in [3.8, 4) is 6.07 Å². The molecule has 0 heterocycles. The highest BCUT2D eigenvalue weighted by atomic mass is 32.2. The van der Waals surface area contributed by atoms with Crippen molar-refractivity contribution in [2.45, 2.75) is 16.0 Å². The van der Waals surface area contributed by atoms with Crippen LogP contribution in [0.5, 0.6) is 0 Å². The van der Waals surface area contributed by atoms with Crippen LogP contribution in [0.3, 0.4) is 0 Å². The van der Waals surface area contributed by atoms with Crippen LogP contribution in [0.2, 0.25) is 0 Å². The van der Waals surface area contributed by atoms with Gasteiger partial charge in [0.25, 0.3) is 0 Å². The SMILES string of the molecule is N#Cc1ccc(Sc2cccc(C(F)(F)F)c2)c(N=C(N)N=C(N)N)c1. The molecular weight excluding hydrogens is 365 g/mol. The molecule has 0 aliphatic carbocycles. The second kappa shape index (κ2) is 7.79. The smallest absolute Gasteiger partial charge is 0.370 e. The minimum absolute atomic E-state index is 0.244. The van der Waals surface area contributed by atoms with Gasteiger partial charge in [0.05, 0.1) is 22.9 Å². The summed E-state index contributed by atoms with van der Waals surface area (Å²) in [5.41, 5.74) is 15.8. The Morgan fingerprint density at radius 3 is 2.42 bits per heavy atom. The van der Waals surface area contributed by atoms with E-state index in [0.29, 0.717) is 15.4 Å². The van der Waals surface area contributed by atoms with E-state index in [1.54, 1.807) is 6.07 Å². The standard InChI is InChI=1S/C16H13F3N6S/c17-16(18,19)10-2-1-3-11(7-10)26-13-5-4-9(8-20)6-12(13)24-15(23)25-14(21)22/h1-7H,(H6,21,22,23,24,25). The molecule has 10 heteroatoms. The second-order valence-electron chi connectivity index (χ2n) is 4.93. The molecule has 6 nitrogen and oxygen atoms in total. The molecule has 0 aliphatic heterocycles. The van der Waals surface area contributed by atoms with E-state index in [1.165, 1.54) is 24.3 Å². The lowest BCUT2D eigenvalue weighted by Gasteiger charge is -2.10. The van der Waals surface area contributed by atoms with Gasteiger partial charge in [0.2, 0.25) is 5.96 Å². The van der Waals surface area contributed by atoms with Crippen LogP contribution in [0.15, 0.2) is 62.2 Å². The molecule has 0 bridgehead atoms. The summed E-state index contributed by atoms with van der Waals surface area (Å²) in [5.74, 6) is -0.541. The fraction of sp³-hybridized carbons (Fsp3) is 0.0625. The van der Waals surface area contributed by atoms with E-state index in [0.717, 1.165) is 23.9 Å². The average molecular weight is 378 g/mol. The number of halogens is 3. The zero-order valence-electron chi connectivity index (χ0n) is 13.2. The fourth-order valence-corrected chi connectivity index (χ4v) is 2.84. The van der Waals surface area contributed by atoms with Crippen LogP contribution in [0, 0.1) is 11.3 Å². The Balaban J connectivity index is 2.44. The van der Waals surface area contributed by atoms with Crippen LogP contribution < -0.4 is 17.2 Å². The van der Waals surface area contributed by atoms with Crippen molar-refractivity contribution in [2.75, 3.05) is 0 Å². The molecule has 2 rings (SSSR count). The van der Waals surface area contributed by atoms with Gasteiger partial charge < -0.3 is 17.2 Å². The first-order chi connectivity index (χ1) is 12.2. The van der Waals surface area contributed by atoms with Gasteiger partial charge in [0, 0.05) is 9.79 Å². The zero-order valence-corrected chi connectivity index (χ0v) is 14.0. The largest absolute Gasteiger partial charge is 0.416 e. The minimum Gasteiger partial charge on any atom is -0.370 e. The highest BCUT2D eigenvalue weighted by Gasteiger charge is 2.30. The zero-order chi connectivity index (χ0) is 19.3. The van der Waals surface area contributed by atoms with Crippen molar-refractivity contribution < 1.29 is 13.2 Å². The van der Waals surface area contributed by atoms with E-state index in [2.05, 4.69) is 9.98 Å². The summed E-state index contributed by atoms with van der Waals surface area (Å²) in [7, 11) is 0. The second-order valence-corrected chi connectivity index (χ2v) is 6.04. The van der Waals surface area contributed by atoms with E-state index in [9.17, 15) is 13.2 Å².